The van der Waals surface area contributed by atoms with Crippen molar-refractivity contribution in [3.8, 4) is 11.6 Å². The van der Waals surface area contributed by atoms with Gasteiger partial charge in [-0.05, 0) is 48.5 Å². The van der Waals surface area contributed by atoms with E-state index in [1.54, 1.807) is 21.3 Å². The number of halogens is 3. The standard InChI is InChI=1S/C20H14ClF2N5OS/c21-13-3-6-15(7-4-13)28-19(27-9-1-2-10-27)25-26-20(28)30-12-18(29)24-17-8-5-14(22)11-16(17)23/h1-11H,12H2,(H,24,29). The average Bonchev–Trinajstić information content (AvgIpc) is 3.39. The second-order valence-electron chi connectivity index (χ2n) is 6.15. The van der Waals surface area contributed by atoms with Gasteiger partial charge in [0.25, 0.3) is 0 Å². The first kappa shape index (κ1) is 20.1. The number of hydrogen-bond donors (Lipinski definition) is 1. The molecule has 4 aromatic rings. The van der Waals surface area contributed by atoms with Crippen molar-refractivity contribution in [2.45, 2.75) is 5.16 Å². The van der Waals surface area contributed by atoms with Crippen LogP contribution in [0.3, 0.4) is 0 Å². The first-order chi connectivity index (χ1) is 14.5. The van der Waals surface area contributed by atoms with Crippen molar-refractivity contribution in [3.63, 3.8) is 0 Å². The molecule has 0 aliphatic heterocycles. The van der Waals surface area contributed by atoms with E-state index in [-0.39, 0.29) is 11.4 Å². The smallest absolute Gasteiger partial charge is 0.240 e. The fraction of sp³-hybridized carbons (Fsp3) is 0.0500. The molecule has 0 saturated heterocycles. The van der Waals surface area contributed by atoms with Crippen LogP contribution in [-0.2, 0) is 4.79 Å². The number of carbonyl (C=O) groups is 1. The molecule has 2 aromatic heterocycles. The third kappa shape index (κ3) is 4.37. The molecule has 0 saturated carbocycles. The summed E-state index contributed by atoms with van der Waals surface area (Å²) in [6.45, 7) is 0. The lowest BCUT2D eigenvalue weighted by Gasteiger charge is -2.11. The summed E-state index contributed by atoms with van der Waals surface area (Å²) in [5, 5.41) is 11.9. The Bertz CT molecular complexity index is 1180. The molecule has 0 aliphatic rings. The van der Waals surface area contributed by atoms with Gasteiger partial charge in [-0.25, -0.2) is 8.78 Å². The van der Waals surface area contributed by atoms with Crippen LogP contribution in [-0.4, -0.2) is 31.0 Å². The molecule has 4 rings (SSSR count). The predicted molar refractivity (Wildman–Crippen MR) is 111 cm³/mol. The Morgan fingerprint density at radius 1 is 1.07 bits per heavy atom. The molecule has 0 aliphatic carbocycles. The number of nitrogens with one attached hydrogen (secondary N) is 1. The number of thioether (sulfide) groups is 1. The molecule has 152 valence electrons. The van der Waals surface area contributed by atoms with E-state index in [4.69, 9.17) is 11.6 Å². The third-order valence-corrected chi connectivity index (χ3v) is 5.25. The number of aromatic nitrogens is 4. The molecule has 2 aromatic carbocycles. The van der Waals surface area contributed by atoms with Gasteiger partial charge in [0.15, 0.2) is 5.16 Å². The zero-order valence-electron chi connectivity index (χ0n) is 15.3. The van der Waals surface area contributed by atoms with Crippen molar-refractivity contribution in [3.05, 3.63) is 83.6 Å². The molecule has 1 amide bonds. The van der Waals surface area contributed by atoms with Gasteiger partial charge in [-0.3, -0.25) is 13.9 Å². The molecule has 0 radical (unpaired) electrons. The van der Waals surface area contributed by atoms with Crippen LogP contribution in [0, 0.1) is 11.6 Å². The number of anilines is 1. The predicted octanol–water partition coefficient (Wildman–Crippen LogP) is 4.72. The molecule has 10 heteroatoms. The van der Waals surface area contributed by atoms with Crippen LogP contribution in [0.25, 0.3) is 11.6 Å². The zero-order chi connectivity index (χ0) is 21.1. The minimum atomic E-state index is -0.840. The van der Waals surface area contributed by atoms with E-state index in [2.05, 4.69) is 15.5 Å². The van der Waals surface area contributed by atoms with E-state index in [0.29, 0.717) is 22.2 Å². The Morgan fingerprint density at radius 3 is 2.50 bits per heavy atom. The van der Waals surface area contributed by atoms with Crippen LogP contribution >= 0.6 is 23.4 Å². The van der Waals surface area contributed by atoms with Crippen LogP contribution in [0.15, 0.2) is 72.1 Å². The van der Waals surface area contributed by atoms with Gasteiger partial charge in [-0.1, -0.05) is 23.4 Å². The maximum absolute atomic E-state index is 13.8. The van der Waals surface area contributed by atoms with Crippen LogP contribution in [0.5, 0.6) is 0 Å². The molecular weight excluding hydrogens is 432 g/mol. The number of rotatable bonds is 6. The maximum atomic E-state index is 13.8. The Kier molecular flexibility index (Phi) is 5.82. The summed E-state index contributed by atoms with van der Waals surface area (Å²) in [6, 6.07) is 13.8. The number of benzene rings is 2. The minimum absolute atomic E-state index is 0.0474. The minimum Gasteiger partial charge on any atom is -0.323 e. The lowest BCUT2D eigenvalue weighted by atomic mass is 10.3. The number of carbonyl (C=O) groups excluding carboxylic acids is 1. The van der Waals surface area contributed by atoms with Crippen LogP contribution in [0.1, 0.15) is 0 Å². The highest BCUT2D eigenvalue weighted by molar-refractivity contribution is 7.99. The Morgan fingerprint density at radius 2 is 1.80 bits per heavy atom. The topological polar surface area (TPSA) is 64.7 Å². The number of amides is 1. The van der Waals surface area contributed by atoms with E-state index in [9.17, 15) is 13.6 Å². The highest BCUT2D eigenvalue weighted by Crippen LogP contribution is 2.25. The van der Waals surface area contributed by atoms with Gasteiger partial charge in [-0.15, -0.1) is 10.2 Å². The SMILES string of the molecule is O=C(CSc1nnc(-n2cccc2)n1-c1ccc(Cl)cc1)Nc1ccc(F)cc1F. The average molecular weight is 446 g/mol. The van der Waals surface area contributed by atoms with Crippen molar-refractivity contribution in [1.82, 2.24) is 19.3 Å². The molecule has 6 nitrogen and oxygen atoms in total. The second-order valence-corrected chi connectivity index (χ2v) is 7.52. The van der Waals surface area contributed by atoms with E-state index in [1.165, 1.54) is 6.07 Å². The van der Waals surface area contributed by atoms with Gasteiger partial charge in [0, 0.05) is 23.5 Å². The Hall–Kier alpha value is -3.17. The normalized spacial score (nSPS) is 10.9. The van der Waals surface area contributed by atoms with E-state index < -0.39 is 17.5 Å². The van der Waals surface area contributed by atoms with Crippen molar-refractivity contribution < 1.29 is 13.6 Å². The van der Waals surface area contributed by atoms with Crippen LogP contribution < -0.4 is 5.32 Å². The summed E-state index contributed by atoms with van der Waals surface area (Å²) >= 11 is 7.13. The third-order valence-electron chi connectivity index (χ3n) is 4.07. The van der Waals surface area contributed by atoms with Crippen molar-refractivity contribution in [2.24, 2.45) is 0 Å². The summed E-state index contributed by atoms with van der Waals surface area (Å²) in [4.78, 5) is 12.3. The molecule has 0 spiro atoms. The highest BCUT2D eigenvalue weighted by Gasteiger charge is 2.17. The maximum Gasteiger partial charge on any atom is 0.240 e. The summed E-state index contributed by atoms with van der Waals surface area (Å²) in [5.41, 5.74) is 0.676. The van der Waals surface area contributed by atoms with E-state index in [1.807, 2.05) is 36.7 Å². The van der Waals surface area contributed by atoms with Gasteiger partial charge < -0.3 is 5.32 Å². The monoisotopic (exact) mass is 445 g/mol. The van der Waals surface area contributed by atoms with Gasteiger partial charge in [0.05, 0.1) is 17.1 Å². The number of nitrogens with zero attached hydrogens (tertiary/aromatic N) is 4. The van der Waals surface area contributed by atoms with Gasteiger partial charge in [0.2, 0.25) is 11.9 Å². The number of hydrogen-bond acceptors (Lipinski definition) is 4. The fourth-order valence-corrected chi connectivity index (χ4v) is 3.59. The van der Waals surface area contributed by atoms with Crippen molar-refractivity contribution in [1.29, 1.82) is 0 Å². The first-order valence-corrected chi connectivity index (χ1v) is 10.1. The van der Waals surface area contributed by atoms with Crippen LogP contribution in [0.4, 0.5) is 14.5 Å². The summed E-state index contributed by atoms with van der Waals surface area (Å²) < 4.78 is 30.3. The van der Waals surface area contributed by atoms with Gasteiger partial charge >= 0.3 is 0 Å². The summed E-state index contributed by atoms with van der Waals surface area (Å²) in [7, 11) is 0. The van der Waals surface area contributed by atoms with Gasteiger partial charge in [0.1, 0.15) is 11.6 Å². The Balaban J connectivity index is 1.56. The quantitative estimate of drug-likeness (QED) is 0.436. The lowest BCUT2D eigenvalue weighted by Crippen LogP contribution is -2.15. The fourth-order valence-electron chi connectivity index (χ4n) is 2.71. The lowest BCUT2D eigenvalue weighted by molar-refractivity contribution is -0.113. The summed E-state index contributed by atoms with van der Waals surface area (Å²) in [5.74, 6) is -1.52. The first-order valence-electron chi connectivity index (χ1n) is 8.73. The summed E-state index contributed by atoms with van der Waals surface area (Å²) in [6.07, 6.45) is 3.66. The largest absolute Gasteiger partial charge is 0.323 e. The molecule has 0 fully saturated rings. The molecule has 0 bridgehead atoms. The van der Waals surface area contributed by atoms with E-state index >= 15 is 0 Å². The van der Waals surface area contributed by atoms with Crippen LogP contribution in [0.2, 0.25) is 5.02 Å². The molecule has 0 unspecified atom stereocenters. The van der Waals surface area contributed by atoms with Crippen molar-refractivity contribution in [2.75, 3.05) is 11.1 Å². The molecular formula is C20H14ClF2N5OS. The Labute approximate surface area is 179 Å². The van der Waals surface area contributed by atoms with Gasteiger partial charge in [-0.2, -0.15) is 0 Å². The second kappa shape index (κ2) is 8.68. The molecule has 1 N–H and O–H groups in total. The zero-order valence-corrected chi connectivity index (χ0v) is 16.9. The molecule has 2 heterocycles. The highest BCUT2D eigenvalue weighted by atomic mass is 35.5. The molecule has 30 heavy (non-hydrogen) atoms. The van der Waals surface area contributed by atoms with Crippen molar-refractivity contribution >= 4 is 35.0 Å². The molecule has 0 atom stereocenters. The van der Waals surface area contributed by atoms with E-state index in [0.717, 1.165) is 23.5 Å².